The second-order valence-electron chi connectivity index (χ2n) is 11.4. The molecule has 4 unspecified atom stereocenters. The third-order valence-corrected chi connectivity index (χ3v) is 7.98. The number of carbonyl (C=O) groups excluding carboxylic acids is 1. The fourth-order valence-corrected chi connectivity index (χ4v) is 5.50. The number of hydrogen-bond donors (Lipinski definition) is 6. The number of carboxylic acid groups (broad SMARTS) is 1. The molecular weight excluding hydrogens is 600 g/mol. The Balaban J connectivity index is 0.000000679. The Morgan fingerprint density at radius 1 is 1.15 bits per heavy atom. The molecule has 1 aromatic carbocycles. The van der Waals surface area contributed by atoms with Crippen LogP contribution in [0.5, 0.6) is 0 Å². The van der Waals surface area contributed by atoms with Crippen LogP contribution in [0.4, 0.5) is 16.4 Å². The van der Waals surface area contributed by atoms with Crippen molar-refractivity contribution in [1.29, 1.82) is 0 Å². The first-order valence-corrected chi connectivity index (χ1v) is 17.1. The Labute approximate surface area is 281 Å². The minimum atomic E-state index is -0.664. The van der Waals surface area contributed by atoms with E-state index in [0.717, 1.165) is 62.1 Å². The largest absolute Gasteiger partial charge is 0.481 e. The maximum atomic E-state index is 11.9. The lowest BCUT2D eigenvalue weighted by Gasteiger charge is -2.31. The molecule has 11 heteroatoms. The summed E-state index contributed by atoms with van der Waals surface area (Å²) in [5, 5.41) is 27.3. The van der Waals surface area contributed by atoms with Crippen LogP contribution < -0.4 is 20.9 Å². The van der Waals surface area contributed by atoms with Gasteiger partial charge < -0.3 is 25.7 Å². The van der Waals surface area contributed by atoms with Gasteiger partial charge in [-0.2, -0.15) is 12.6 Å². The lowest BCUT2D eigenvalue weighted by atomic mass is 9.94. The third-order valence-electron chi connectivity index (χ3n) is 7.98. The number of urea groups is 1. The van der Waals surface area contributed by atoms with Crippen molar-refractivity contribution in [2.45, 2.75) is 78.9 Å². The molecule has 5 N–H and O–H groups in total. The van der Waals surface area contributed by atoms with Crippen LogP contribution in [0.1, 0.15) is 70.9 Å². The van der Waals surface area contributed by atoms with Gasteiger partial charge in [0.25, 0.3) is 0 Å². The van der Waals surface area contributed by atoms with Crippen molar-refractivity contribution in [1.82, 2.24) is 20.6 Å². The highest BCUT2D eigenvalue weighted by Gasteiger charge is 2.32. The van der Waals surface area contributed by atoms with Gasteiger partial charge >= 0.3 is 12.0 Å². The Bertz CT molecular complexity index is 1200. The van der Waals surface area contributed by atoms with Crippen LogP contribution in [0.3, 0.4) is 0 Å². The van der Waals surface area contributed by atoms with E-state index in [9.17, 15) is 14.7 Å². The number of aliphatic hydroxyl groups is 1. The zero-order valence-electron chi connectivity index (χ0n) is 28.4. The van der Waals surface area contributed by atoms with Gasteiger partial charge in [0.15, 0.2) is 0 Å². The molecule has 1 aliphatic carbocycles. The fraction of sp³-hybridized carbons (Fsp3) is 0.543. The van der Waals surface area contributed by atoms with E-state index in [1.165, 1.54) is 6.33 Å². The summed E-state index contributed by atoms with van der Waals surface area (Å²) in [4.78, 5) is 34.0. The van der Waals surface area contributed by atoms with E-state index in [2.05, 4.69) is 59.0 Å². The highest BCUT2D eigenvalue weighted by atomic mass is 32.1. The van der Waals surface area contributed by atoms with Crippen molar-refractivity contribution >= 4 is 42.3 Å². The number of anilines is 2. The summed E-state index contributed by atoms with van der Waals surface area (Å²) in [6.07, 6.45) is 12.9. The molecule has 1 aromatic heterocycles. The lowest BCUT2D eigenvalue weighted by molar-refractivity contribution is -0.142. The fourth-order valence-electron chi connectivity index (χ4n) is 5.50. The molecule has 3 rings (SSSR count). The van der Waals surface area contributed by atoms with E-state index in [4.69, 9.17) is 5.11 Å². The Kier molecular flexibility index (Phi) is 20.3. The van der Waals surface area contributed by atoms with Gasteiger partial charge in [-0.1, -0.05) is 68.8 Å². The minimum absolute atomic E-state index is 0.137. The molecule has 1 saturated carbocycles. The van der Waals surface area contributed by atoms with E-state index in [-0.39, 0.29) is 30.0 Å². The maximum Gasteiger partial charge on any atom is 0.320 e. The van der Waals surface area contributed by atoms with Crippen molar-refractivity contribution in [2.24, 2.45) is 17.8 Å². The smallest absolute Gasteiger partial charge is 0.320 e. The number of aliphatic hydroxyl groups excluding tert-OH is 1. The number of nitrogens with one attached hydrogen (secondary N) is 3. The molecule has 0 bridgehead atoms. The summed E-state index contributed by atoms with van der Waals surface area (Å²) in [7, 11) is 0. The second kappa shape index (κ2) is 23.0. The number of aromatic nitrogens is 2. The molecule has 256 valence electrons. The van der Waals surface area contributed by atoms with Crippen LogP contribution in [-0.2, 0) is 4.79 Å². The molecule has 1 heterocycles. The number of hydrogen-bond acceptors (Lipinski definition) is 8. The Hall–Kier alpha value is -3.41. The number of nitrogens with zero attached hydrogens (tertiary/aromatic N) is 3. The molecular formula is C35H56N6O4S. The monoisotopic (exact) mass is 656 g/mol. The van der Waals surface area contributed by atoms with Gasteiger partial charge in [0.05, 0.1) is 12.0 Å². The zero-order valence-corrected chi connectivity index (χ0v) is 29.3. The highest BCUT2D eigenvalue weighted by molar-refractivity contribution is 7.79. The first-order valence-electron chi connectivity index (χ1n) is 16.2. The summed E-state index contributed by atoms with van der Waals surface area (Å²) in [5.41, 5.74) is 1.90. The maximum absolute atomic E-state index is 11.9. The highest BCUT2D eigenvalue weighted by Crippen LogP contribution is 2.31. The van der Waals surface area contributed by atoms with E-state index >= 15 is 0 Å². The van der Waals surface area contributed by atoms with Crippen LogP contribution in [-0.4, -0.2) is 70.2 Å². The summed E-state index contributed by atoms with van der Waals surface area (Å²) < 4.78 is 0. The van der Waals surface area contributed by atoms with Crippen LogP contribution in [0, 0.1) is 24.7 Å². The average molecular weight is 657 g/mol. The summed E-state index contributed by atoms with van der Waals surface area (Å²) >= 11 is 3.53. The molecule has 10 nitrogen and oxygen atoms in total. The third kappa shape index (κ3) is 14.3. The predicted octanol–water partition coefficient (Wildman–Crippen LogP) is 6.40. The van der Waals surface area contributed by atoms with Gasteiger partial charge in [0.2, 0.25) is 0 Å². The summed E-state index contributed by atoms with van der Waals surface area (Å²) in [6, 6.07) is 9.76. The zero-order chi connectivity index (χ0) is 34.5. The summed E-state index contributed by atoms with van der Waals surface area (Å²) in [6.45, 7) is 15.9. The number of amides is 2. The van der Waals surface area contributed by atoms with Gasteiger partial charge in [0.1, 0.15) is 18.0 Å². The van der Waals surface area contributed by atoms with Crippen molar-refractivity contribution in [3.8, 4) is 0 Å². The number of thiol groups is 1. The van der Waals surface area contributed by atoms with Crippen LogP contribution in [0.15, 0.2) is 55.5 Å². The van der Waals surface area contributed by atoms with Crippen molar-refractivity contribution in [3.05, 3.63) is 66.6 Å². The first-order chi connectivity index (χ1) is 22.1. The number of aliphatic carboxylic acids is 1. The van der Waals surface area contributed by atoms with Crippen molar-refractivity contribution in [2.75, 3.05) is 36.1 Å². The van der Waals surface area contributed by atoms with Gasteiger partial charge in [-0.3, -0.25) is 10.1 Å². The quantitative estimate of drug-likeness (QED) is 0.121. The van der Waals surface area contributed by atoms with E-state index in [1.54, 1.807) is 25.5 Å². The number of carboxylic acids is 1. The molecule has 0 radical (unpaired) electrons. The standard InChI is InChI=1S/C24H40N6O3.C10H12O.CH4S/c1-6-18(13-25-14-19-10-9-11-20(19)23(31)32)12-16(4)30(8-3)22-17(5)21(27-15-28-22)29-24(33)26-7-2;1-9(11)7-8-10-5-3-2-4-6-10;1-2/h8,15-16,18-20,25H,3,6-7,9-14H2,1-2,4-5H3,(H,31,32)(H2,26,27,28,29,33);2-9,11H,1H3;2H,1H3/b;8-7+;/t;9-;/m.0./s1. The predicted molar refractivity (Wildman–Crippen MR) is 193 cm³/mol. The Morgan fingerprint density at radius 2 is 1.85 bits per heavy atom. The topological polar surface area (TPSA) is 140 Å². The number of rotatable bonds is 15. The molecule has 0 spiro atoms. The lowest BCUT2D eigenvalue weighted by Crippen LogP contribution is -2.36. The minimum Gasteiger partial charge on any atom is -0.481 e. The average Bonchev–Trinajstić information content (AvgIpc) is 3.52. The van der Waals surface area contributed by atoms with Gasteiger partial charge in [0, 0.05) is 18.2 Å². The summed E-state index contributed by atoms with van der Waals surface area (Å²) in [5.74, 6) is 0.975. The van der Waals surface area contributed by atoms with Crippen molar-refractivity contribution < 1.29 is 19.8 Å². The number of benzene rings is 1. The second-order valence-corrected chi connectivity index (χ2v) is 11.4. The van der Waals surface area contributed by atoms with Crippen LogP contribution in [0.25, 0.3) is 6.08 Å². The molecule has 2 aromatic rings. The molecule has 1 fully saturated rings. The van der Waals surface area contributed by atoms with E-state index in [0.29, 0.717) is 18.3 Å². The molecule has 2 amide bonds. The normalized spacial score (nSPS) is 17.4. The van der Waals surface area contributed by atoms with Gasteiger partial charge in [-0.25, -0.2) is 14.8 Å². The Morgan fingerprint density at radius 3 is 2.43 bits per heavy atom. The SMILES string of the molecule is C=CN(c1ncnc(NC(=O)NCC)c1C)C(C)CC(CC)CNCC1CCCC1C(=O)O.CS.C[C@H](O)/C=C/c1ccccc1. The van der Waals surface area contributed by atoms with E-state index in [1.807, 2.05) is 55.2 Å². The first kappa shape index (κ1) is 40.6. The van der Waals surface area contributed by atoms with Gasteiger partial charge in [-0.05, 0) is 89.9 Å². The van der Waals surface area contributed by atoms with Crippen molar-refractivity contribution in [3.63, 3.8) is 0 Å². The van der Waals surface area contributed by atoms with E-state index < -0.39 is 5.97 Å². The number of carbonyl (C=O) groups is 2. The van der Waals surface area contributed by atoms with Crippen LogP contribution in [0.2, 0.25) is 0 Å². The molecule has 46 heavy (non-hydrogen) atoms. The molecule has 0 saturated heterocycles. The van der Waals surface area contributed by atoms with Crippen LogP contribution >= 0.6 is 12.6 Å². The van der Waals surface area contributed by atoms with Gasteiger partial charge in [-0.15, -0.1) is 0 Å². The molecule has 1 aliphatic rings. The molecule has 5 atom stereocenters. The molecule has 0 aliphatic heterocycles.